The van der Waals surface area contributed by atoms with Gasteiger partial charge in [-0.25, -0.2) is 4.68 Å². The average Bonchev–Trinajstić information content (AvgIpc) is 3.02. The quantitative estimate of drug-likeness (QED) is 0.285. The molecule has 0 bridgehead atoms. The molecule has 1 aromatic heterocycles. The molecule has 0 N–H and O–H groups in total. The van der Waals surface area contributed by atoms with Crippen molar-refractivity contribution in [1.82, 2.24) is 9.78 Å². The largest absolute Gasteiger partial charge is 0.232 e. The lowest BCUT2D eigenvalue weighted by Crippen LogP contribution is -2.00. The predicted octanol–water partition coefficient (Wildman–Crippen LogP) is 7.66. The highest BCUT2D eigenvalue weighted by Crippen LogP contribution is 2.35. The maximum absolute atomic E-state index is 5.04. The van der Waals surface area contributed by atoms with E-state index in [4.69, 9.17) is 5.10 Å². The molecule has 140 valence electrons. The van der Waals surface area contributed by atoms with E-state index in [0.29, 0.717) is 0 Å². The lowest BCUT2D eigenvalue weighted by atomic mass is 10.0. The summed E-state index contributed by atoms with van der Waals surface area (Å²) in [6.07, 6.45) is 0. The Morgan fingerprint density at radius 2 is 1.25 bits per heavy atom. The molecular weight excluding hydrogens is 476 g/mol. The van der Waals surface area contributed by atoms with Crippen molar-refractivity contribution in [3.05, 3.63) is 92.4 Å². The Kier molecular flexibility index (Phi) is 5.26. The van der Waals surface area contributed by atoms with Crippen molar-refractivity contribution in [2.75, 3.05) is 0 Å². The summed E-state index contributed by atoms with van der Waals surface area (Å²) in [6, 6.07) is 23.3. The average molecular weight is 496 g/mol. The van der Waals surface area contributed by atoms with E-state index < -0.39 is 0 Å². The maximum Gasteiger partial charge on any atom is 0.0963 e. The summed E-state index contributed by atoms with van der Waals surface area (Å²) in [6.45, 7) is 6.43. The van der Waals surface area contributed by atoms with Gasteiger partial charge in [0.25, 0.3) is 0 Å². The molecule has 0 amide bonds. The van der Waals surface area contributed by atoms with Gasteiger partial charge in [-0.3, -0.25) is 0 Å². The van der Waals surface area contributed by atoms with E-state index in [0.717, 1.165) is 37.1 Å². The summed E-state index contributed by atoms with van der Waals surface area (Å²) in [5, 5.41) is 5.04. The summed E-state index contributed by atoms with van der Waals surface area (Å²) in [5.41, 5.74) is 9.17. The Bertz CT molecular complexity index is 1140. The lowest BCUT2D eigenvalue weighted by Gasteiger charge is -2.11. The van der Waals surface area contributed by atoms with Crippen LogP contribution >= 0.6 is 31.9 Å². The van der Waals surface area contributed by atoms with Crippen molar-refractivity contribution in [3.8, 4) is 28.2 Å². The Hall–Kier alpha value is -2.17. The molecule has 0 spiro atoms. The van der Waals surface area contributed by atoms with E-state index in [1.165, 1.54) is 16.7 Å². The summed E-state index contributed by atoms with van der Waals surface area (Å²) in [5.74, 6) is 0. The van der Waals surface area contributed by atoms with Crippen LogP contribution < -0.4 is 0 Å². The van der Waals surface area contributed by atoms with Crippen LogP contribution in [0.2, 0.25) is 0 Å². The summed E-state index contributed by atoms with van der Waals surface area (Å²) >= 11 is 7.06. The predicted molar refractivity (Wildman–Crippen MR) is 124 cm³/mol. The third kappa shape index (κ3) is 3.59. The first-order valence-corrected chi connectivity index (χ1v) is 10.7. The second-order valence-corrected chi connectivity index (χ2v) is 8.85. The van der Waals surface area contributed by atoms with Crippen molar-refractivity contribution in [1.29, 1.82) is 0 Å². The fraction of sp³-hybridized carbons (Fsp3) is 0.125. The molecule has 0 saturated carbocycles. The molecule has 0 fully saturated rings. The van der Waals surface area contributed by atoms with Crippen LogP contribution in [-0.4, -0.2) is 9.78 Å². The third-order valence-electron chi connectivity index (χ3n) is 5.09. The minimum atomic E-state index is 1.00. The van der Waals surface area contributed by atoms with Gasteiger partial charge in [0.15, 0.2) is 0 Å². The van der Waals surface area contributed by atoms with Gasteiger partial charge in [-0.15, -0.1) is 0 Å². The van der Waals surface area contributed by atoms with Crippen molar-refractivity contribution in [3.63, 3.8) is 0 Å². The Morgan fingerprint density at radius 1 is 0.679 bits per heavy atom. The van der Waals surface area contributed by atoms with Gasteiger partial charge in [0.05, 0.1) is 17.1 Å². The van der Waals surface area contributed by atoms with Crippen LogP contribution in [0.1, 0.15) is 16.7 Å². The van der Waals surface area contributed by atoms with Gasteiger partial charge in [0, 0.05) is 25.6 Å². The van der Waals surface area contributed by atoms with Gasteiger partial charge in [-0.1, -0.05) is 62.2 Å². The van der Waals surface area contributed by atoms with Crippen LogP contribution in [0, 0.1) is 20.8 Å². The fourth-order valence-corrected chi connectivity index (χ4v) is 3.90. The molecule has 0 atom stereocenters. The van der Waals surface area contributed by atoms with E-state index in [2.05, 4.69) is 124 Å². The highest BCUT2D eigenvalue weighted by molar-refractivity contribution is 9.10. The van der Waals surface area contributed by atoms with Crippen LogP contribution in [0.4, 0.5) is 0 Å². The number of halogens is 2. The van der Waals surface area contributed by atoms with Crippen molar-refractivity contribution in [2.24, 2.45) is 0 Å². The lowest BCUT2D eigenvalue weighted by molar-refractivity contribution is 0.889. The van der Waals surface area contributed by atoms with Gasteiger partial charge in [0.1, 0.15) is 0 Å². The summed E-state index contributed by atoms with van der Waals surface area (Å²) in [7, 11) is 0. The number of hydrogen-bond donors (Lipinski definition) is 0. The topological polar surface area (TPSA) is 17.8 Å². The van der Waals surface area contributed by atoms with Crippen LogP contribution in [0.15, 0.2) is 75.7 Å². The first-order valence-electron chi connectivity index (χ1n) is 9.13. The maximum atomic E-state index is 5.04. The first-order chi connectivity index (χ1) is 13.4. The van der Waals surface area contributed by atoms with Crippen molar-refractivity contribution < 1.29 is 0 Å². The zero-order chi connectivity index (χ0) is 19.8. The smallest absolute Gasteiger partial charge is 0.0963 e. The highest BCUT2D eigenvalue weighted by atomic mass is 79.9. The Labute approximate surface area is 182 Å². The van der Waals surface area contributed by atoms with Gasteiger partial charge in [-0.05, 0) is 68.3 Å². The standard InChI is InChI=1S/C24H20Br2N2/c1-15-4-13-22(14-16(15)2)28-24(19-7-11-21(26)12-8-19)17(3)23(27-28)18-5-9-20(25)10-6-18/h4-14H,1-3H3. The normalized spacial score (nSPS) is 11.0. The van der Waals surface area contributed by atoms with Crippen LogP contribution in [0.3, 0.4) is 0 Å². The Morgan fingerprint density at radius 3 is 1.82 bits per heavy atom. The molecule has 0 aliphatic rings. The highest BCUT2D eigenvalue weighted by Gasteiger charge is 2.19. The number of hydrogen-bond acceptors (Lipinski definition) is 1. The SMILES string of the molecule is Cc1ccc(-n2nc(-c3ccc(Br)cc3)c(C)c2-c2ccc(Br)cc2)cc1C. The molecule has 0 saturated heterocycles. The number of aromatic nitrogens is 2. The zero-order valence-corrected chi connectivity index (χ0v) is 19.2. The number of rotatable bonds is 3. The molecule has 0 aliphatic carbocycles. The molecule has 28 heavy (non-hydrogen) atoms. The Balaban J connectivity index is 1.97. The van der Waals surface area contributed by atoms with E-state index in [9.17, 15) is 0 Å². The third-order valence-corrected chi connectivity index (χ3v) is 6.15. The van der Waals surface area contributed by atoms with Gasteiger partial charge < -0.3 is 0 Å². The number of aryl methyl sites for hydroxylation is 2. The molecule has 1 heterocycles. The summed E-state index contributed by atoms with van der Waals surface area (Å²) < 4.78 is 4.21. The van der Waals surface area contributed by atoms with Crippen LogP contribution in [0.25, 0.3) is 28.2 Å². The number of benzene rings is 3. The van der Waals surface area contributed by atoms with E-state index in [1.807, 2.05) is 0 Å². The molecule has 2 nitrogen and oxygen atoms in total. The first kappa shape index (κ1) is 19.2. The van der Waals surface area contributed by atoms with E-state index >= 15 is 0 Å². The van der Waals surface area contributed by atoms with Crippen LogP contribution in [0.5, 0.6) is 0 Å². The molecule has 3 aromatic carbocycles. The van der Waals surface area contributed by atoms with E-state index in [1.54, 1.807) is 0 Å². The second kappa shape index (κ2) is 7.69. The monoisotopic (exact) mass is 494 g/mol. The zero-order valence-electron chi connectivity index (χ0n) is 16.0. The molecule has 0 unspecified atom stereocenters. The second-order valence-electron chi connectivity index (χ2n) is 7.02. The molecule has 4 rings (SSSR count). The van der Waals surface area contributed by atoms with Crippen molar-refractivity contribution >= 4 is 31.9 Å². The van der Waals surface area contributed by atoms with Gasteiger partial charge in [0.2, 0.25) is 0 Å². The summed E-state index contributed by atoms with van der Waals surface area (Å²) in [4.78, 5) is 0. The fourth-order valence-electron chi connectivity index (χ4n) is 3.37. The van der Waals surface area contributed by atoms with E-state index in [-0.39, 0.29) is 0 Å². The van der Waals surface area contributed by atoms with Gasteiger partial charge >= 0.3 is 0 Å². The molecular formula is C24H20Br2N2. The molecule has 0 radical (unpaired) electrons. The minimum Gasteiger partial charge on any atom is -0.232 e. The molecule has 0 aliphatic heterocycles. The van der Waals surface area contributed by atoms with Crippen LogP contribution in [-0.2, 0) is 0 Å². The number of nitrogens with zero attached hydrogens (tertiary/aromatic N) is 2. The minimum absolute atomic E-state index is 1.00. The van der Waals surface area contributed by atoms with Crippen molar-refractivity contribution in [2.45, 2.75) is 20.8 Å². The molecule has 4 heteroatoms. The molecule has 4 aromatic rings. The van der Waals surface area contributed by atoms with Gasteiger partial charge in [-0.2, -0.15) is 5.10 Å².